The Morgan fingerprint density at radius 2 is 1.87 bits per heavy atom. The summed E-state index contributed by atoms with van der Waals surface area (Å²) in [5, 5.41) is 7.02. The highest BCUT2D eigenvalue weighted by molar-refractivity contribution is 5.91. The molecule has 156 valence electrons. The first-order valence-corrected chi connectivity index (χ1v) is 9.93. The summed E-state index contributed by atoms with van der Waals surface area (Å²) in [4.78, 5) is 16.2. The van der Waals surface area contributed by atoms with Gasteiger partial charge in [-0.05, 0) is 48.7 Å². The number of carbonyl (C=O) groups is 1. The second-order valence-corrected chi connectivity index (χ2v) is 6.54. The molecule has 1 N–H and O–H groups in total. The van der Waals surface area contributed by atoms with Gasteiger partial charge in [0.15, 0.2) is 11.5 Å². The fraction of sp³-hybridized carbons (Fsp3) is 0.261. The average Bonchev–Trinajstić information content (AvgIpc) is 3.26. The number of nitrogens with one attached hydrogen (secondary N) is 1. The van der Waals surface area contributed by atoms with Crippen LogP contribution in [0.2, 0.25) is 0 Å². The molecule has 0 unspecified atom stereocenters. The average molecular weight is 406 g/mol. The van der Waals surface area contributed by atoms with E-state index >= 15 is 0 Å². The number of aromatic nitrogens is 3. The number of benzene rings is 2. The summed E-state index contributed by atoms with van der Waals surface area (Å²) in [5.74, 6) is 1.21. The van der Waals surface area contributed by atoms with Crippen molar-refractivity contribution in [2.75, 3.05) is 13.2 Å². The summed E-state index contributed by atoms with van der Waals surface area (Å²) in [5.41, 5.74) is 2.99. The Kier molecular flexibility index (Phi) is 7.60. The fourth-order valence-electron chi connectivity index (χ4n) is 2.93. The number of hydrogen-bond donors (Lipinski definition) is 1. The van der Waals surface area contributed by atoms with Gasteiger partial charge >= 0.3 is 0 Å². The molecule has 0 spiro atoms. The molecule has 0 saturated carbocycles. The zero-order valence-electron chi connectivity index (χ0n) is 17.2. The summed E-state index contributed by atoms with van der Waals surface area (Å²) in [7, 11) is 0. The van der Waals surface area contributed by atoms with Crippen molar-refractivity contribution >= 4 is 12.0 Å². The second kappa shape index (κ2) is 10.8. The molecule has 7 heteroatoms. The van der Waals surface area contributed by atoms with E-state index in [1.54, 1.807) is 17.1 Å². The van der Waals surface area contributed by atoms with Gasteiger partial charge in [-0.3, -0.25) is 4.79 Å². The van der Waals surface area contributed by atoms with Crippen LogP contribution < -0.4 is 14.8 Å². The summed E-state index contributed by atoms with van der Waals surface area (Å²) in [6.07, 6.45) is 6.47. The molecular weight excluding hydrogens is 380 g/mol. The Bertz CT molecular complexity index is 984. The van der Waals surface area contributed by atoms with Crippen molar-refractivity contribution in [3.8, 4) is 11.5 Å². The van der Waals surface area contributed by atoms with Crippen molar-refractivity contribution in [2.45, 2.75) is 26.9 Å². The molecule has 0 fully saturated rings. The number of carbonyl (C=O) groups excluding carboxylic acids is 1. The fourth-order valence-corrected chi connectivity index (χ4v) is 2.93. The van der Waals surface area contributed by atoms with E-state index in [1.807, 2.05) is 56.3 Å². The quantitative estimate of drug-likeness (QED) is 0.522. The van der Waals surface area contributed by atoms with Crippen LogP contribution in [-0.4, -0.2) is 33.9 Å². The highest BCUT2D eigenvalue weighted by Crippen LogP contribution is 2.29. The van der Waals surface area contributed by atoms with Crippen molar-refractivity contribution in [3.05, 3.63) is 77.9 Å². The molecule has 2 aromatic carbocycles. The lowest BCUT2D eigenvalue weighted by molar-refractivity contribution is -0.116. The molecule has 3 rings (SSSR count). The van der Waals surface area contributed by atoms with E-state index in [4.69, 9.17) is 9.47 Å². The van der Waals surface area contributed by atoms with Gasteiger partial charge in [0.25, 0.3) is 0 Å². The molecule has 1 heterocycles. The second-order valence-electron chi connectivity index (χ2n) is 6.54. The molecule has 3 aromatic rings. The highest BCUT2D eigenvalue weighted by atomic mass is 16.5. The molecule has 0 atom stereocenters. The van der Waals surface area contributed by atoms with E-state index in [-0.39, 0.29) is 5.91 Å². The van der Waals surface area contributed by atoms with Crippen molar-refractivity contribution < 1.29 is 14.3 Å². The molecule has 1 amide bonds. The lowest BCUT2D eigenvalue weighted by atomic mass is 10.1. The topological polar surface area (TPSA) is 78.3 Å². The van der Waals surface area contributed by atoms with Crippen LogP contribution >= 0.6 is 0 Å². The van der Waals surface area contributed by atoms with E-state index in [1.165, 1.54) is 12.4 Å². The van der Waals surface area contributed by atoms with Crippen LogP contribution in [0, 0.1) is 0 Å². The predicted molar refractivity (Wildman–Crippen MR) is 115 cm³/mol. The maximum Gasteiger partial charge on any atom is 0.244 e. The minimum Gasteiger partial charge on any atom is -0.490 e. The van der Waals surface area contributed by atoms with Crippen molar-refractivity contribution in [1.82, 2.24) is 20.1 Å². The zero-order chi connectivity index (χ0) is 21.2. The zero-order valence-corrected chi connectivity index (χ0v) is 17.2. The molecule has 0 saturated heterocycles. The van der Waals surface area contributed by atoms with E-state index in [0.717, 1.165) is 16.7 Å². The maximum absolute atomic E-state index is 12.2. The number of hydrogen-bond acceptors (Lipinski definition) is 5. The molecule has 0 radical (unpaired) electrons. The van der Waals surface area contributed by atoms with Gasteiger partial charge < -0.3 is 14.8 Å². The van der Waals surface area contributed by atoms with Crippen LogP contribution in [0.4, 0.5) is 0 Å². The van der Waals surface area contributed by atoms with Crippen molar-refractivity contribution in [3.63, 3.8) is 0 Å². The van der Waals surface area contributed by atoms with Gasteiger partial charge in [0.2, 0.25) is 5.91 Å². The number of rotatable bonds is 10. The van der Waals surface area contributed by atoms with E-state index in [0.29, 0.717) is 37.8 Å². The normalized spacial score (nSPS) is 10.9. The first-order valence-electron chi connectivity index (χ1n) is 9.93. The van der Waals surface area contributed by atoms with Crippen molar-refractivity contribution in [1.29, 1.82) is 0 Å². The van der Waals surface area contributed by atoms with Crippen LogP contribution in [0.1, 0.15) is 30.5 Å². The van der Waals surface area contributed by atoms with E-state index < -0.39 is 0 Å². The Morgan fingerprint density at radius 3 is 2.63 bits per heavy atom. The lowest BCUT2D eigenvalue weighted by Crippen LogP contribution is -2.20. The minimum atomic E-state index is -0.163. The highest BCUT2D eigenvalue weighted by Gasteiger charge is 2.05. The molecule has 30 heavy (non-hydrogen) atoms. The van der Waals surface area contributed by atoms with Crippen LogP contribution in [0.15, 0.2) is 61.2 Å². The lowest BCUT2D eigenvalue weighted by Gasteiger charge is -2.11. The van der Waals surface area contributed by atoms with Crippen LogP contribution in [0.3, 0.4) is 0 Å². The first kappa shape index (κ1) is 21.1. The van der Waals surface area contributed by atoms with Crippen molar-refractivity contribution in [2.24, 2.45) is 0 Å². The smallest absolute Gasteiger partial charge is 0.244 e. The monoisotopic (exact) mass is 406 g/mol. The van der Waals surface area contributed by atoms with E-state index in [2.05, 4.69) is 15.4 Å². The number of nitrogens with zero attached hydrogens (tertiary/aromatic N) is 3. The Hall–Kier alpha value is -3.61. The predicted octanol–water partition coefficient (Wildman–Crippen LogP) is 3.45. The summed E-state index contributed by atoms with van der Waals surface area (Å²) in [6, 6.07) is 13.6. The van der Waals surface area contributed by atoms with Gasteiger partial charge in [-0.2, -0.15) is 5.10 Å². The first-order chi connectivity index (χ1) is 14.7. The standard InChI is InChI=1S/C23H26N4O3/c1-3-29-21-10-8-18(13-22(21)30-4-2)9-11-23(28)25-14-19-6-5-7-20(12-19)15-27-17-24-16-26-27/h5-13,16-17H,3-4,14-15H2,1-2H3,(H,25,28)/b11-9+. The maximum atomic E-state index is 12.2. The Labute approximate surface area is 176 Å². The van der Waals surface area contributed by atoms with Crippen LogP contribution in [-0.2, 0) is 17.9 Å². The largest absolute Gasteiger partial charge is 0.490 e. The molecule has 7 nitrogen and oxygen atoms in total. The summed E-state index contributed by atoms with van der Waals surface area (Å²) in [6.45, 7) is 6.05. The molecule has 0 aliphatic heterocycles. The molecule has 1 aromatic heterocycles. The van der Waals surface area contributed by atoms with Gasteiger partial charge in [0.05, 0.1) is 19.8 Å². The third-order valence-corrected chi connectivity index (χ3v) is 4.26. The third-order valence-electron chi connectivity index (χ3n) is 4.26. The van der Waals surface area contributed by atoms with Gasteiger partial charge in [-0.1, -0.05) is 30.3 Å². The molecule has 0 bridgehead atoms. The third kappa shape index (κ3) is 6.20. The summed E-state index contributed by atoms with van der Waals surface area (Å²) < 4.78 is 12.9. The molecular formula is C23H26N4O3. The Balaban J connectivity index is 1.56. The van der Waals surface area contributed by atoms with Gasteiger partial charge in [-0.15, -0.1) is 0 Å². The number of ether oxygens (including phenoxy) is 2. The minimum absolute atomic E-state index is 0.163. The van der Waals surface area contributed by atoms with Gasteiger partial charge in [0, 0.05) is 12.6 Å². The SMILES string of the molecule is CCOc1ccc(/C=C/C(=O)NCc2cccc(Cn3cncn3)c2)cc1OCC. The van der Waals surface area contributed by atoms with Gasteiger partial charge in [-0.25, -0.2) is 9.67 Å². The molecule has 0 aliphatic carbocycles. The molecule has 0 aliphatic rings. The Morgan fingerprint density at radius 1 is 1.07 bits per heavy atom. The summed E-state index contributed by atoms with van der Waals surface area (Å²) >= 11 is 0. The number of amides is 1. The van der Waals surface area contributed by atoms with Crippen LogP contribution in [0.5, 0.6) is 11.5 Å². The van der Waals surface area contributed by atoms with Gasteiger partial charge in [0.1, 0.15) is 12.7 Å². The van der Waals surface area contributed by atoms with Crippen LogP contribution in [0.25, 0.3) is 6.08 Å². The van der Waals surface area contributed by atoms with E-state index in [9.17, 15) is 4.79 Å².